The van der Waals surface area contributed by atoms with Crippen LogP contribution in [0.4, 0.5) is 5.69 Å². The van der Waals surface area contributed by atoms with Crippen LogP contribution < -0.4 is 5.32 Å². The van der Waals surface area contributed by atoms with Crippen LogP contribution in [0, 0.1) is 0 Å². The maximum absolute atomic E-state index is 11.4. The van der Waals surface area contributed by atoms with Gasteiger partial charge in [0.1, 0.15) is 0 Å². The Labute approximate surface area is 129 Å². The second-order valence-electron chi connectivity index (χ2n) is 5.51. The van der Waals surface area contributed by atoms with Gasteiger partial charge < -0.3 is 10.2 Å². The molecule has 120 valence electrons. The molecule has 5 heteroatoms. The monoisotopic (exact) mass is 312 g/mol. The van der Waals surface area contributed by atoms with Gasteiger partial charge in [-0.05, 0) is 63.7 Å². The molecule has 0 fully saturated rings. The summed E-state index contributed by atoms with van der Waals surface area (Å²) in [4.78, 5) is 2.79. The van der Waals surface area contributed by atoms with Gasteiger partial charge in [-0.3, -0.25) is 0 Å². The van der Waals surface area contributed by atoms with Crippen molar-refractivity contribution < 1.29 is 8.42 Å². The van der Waals surface area contributed by atoms with Crippen LogP contribution in [0.2, 0.25) is 0 Å². The zero-order valence-corrected chi connectivity index (χ0v) is 14.4. The quantitative estimate of drug-likeness (QED) is 0.761. The van der Waals surface area contributed by atoms with E-state index in [4.69, 9.17) is 0 Å². The summed E-state index contributed by atoms with van der Waals surface area (Å²) in [7, 11) is -3.11. The Bertz CT molecular complexity index is 508. The van der Waals surface area contributed by atoms with E-state index in [1.54, 1.807) is 12.1 Å². The molecule has 1 rings (SSSR count). The number of benzene rings is 1. The third kappa shape index (κ3) is 6.48. The maximum Gasteiger partial charge on any atom is 0.175 e. The van der Waals surface area contributed by atoms with E-state index in [0.717, 1.165) is 38.2 Å². The lowest BCUT2D eigenvalue weighted by Crippen LogP contribution is -2.25. The van der Waals surface area contributed by atoms with E-state index in [0.29, 0.717) is 10.9 Å². The third-order valence-electron chi connectivity index (χ3n) is 3.70. The number of hydrogen-bond acceptors (Lipinski definition) is 4. The van der Waals surface area contributed by atoms with E-state index in [2.05, 4.69) is 31.0 Å². The van der Waals surface area contributed by atoms with Crippen molar-refractivity contribution in [1.29, 1.82) is 0 Å². The maximum atomic E-state index is 11.4. The Morgan fingerprint density at radius 1 is 1.14 bits per heavy atom. The Balaban J connectivity index is 2.43. The first-order chi connectivity index (χ1) is 9.86. The smallest absolute Gasteiger partial charge is 0.175 e. The molecule has 0 saturated heterocycles. The highest BCUT2D eigenvalue weighted by Gasteiger charge is 2.08. The second kappa shape index (κ2) is 8.39. The van der Waals surface area contributed by atoms with E-state index >= 15 is 0 Å². The number of nitrogens with zero attached hydrogens (tertiary/aromatic N) is 1. The van der Waals surface area contributed by atoms with Crippen LogP contribution in [-0.2, 0) is 9.84 Å². The highest BCUT2D eigenvalue weighted by molar-refractivity contribution is 7.90. The van der Waals surface area contributed by atoms with Crippen molar-refractivity contribution in [3.05, 3.63) is 24.3 Å². The molecule has 0 aliphatic heterocycles. The van der Waals surface area contributed by atoms with E-state index in [1.165, 1.54) is 6.26 Å². The highest BCUT2D eigenvalue weighted by Crippen LogP contribution is 2.15. The van der Waals surface area contributed by atoms with Crippen molar-refractivity contribution in [3.8, 4) is 0 Å². The van der Waals surface area contributed by atoms with Gasteiger partial charge in [0.05, 0.1) is 4.90 Å². The van der Waals surface area contributed by atoms with Gasteiger partial charge in [-0.1, -0.05) is 13.8 Å². The lowest BCUT2D eigenvalue weighted by atomic mass is 10.1. The van der Waals surface area contributed by atoms with Crippen molar-refractivity contribution in [2.75, 3.05) is 31.2 Å². The zero-order chi connectivity index (χ0) is 15.9. The second-order valence-corrected chi connectivity index (χ2v) is 7.53. The molecule has 0 aliphatic rings. The summed E-state index contributed by atoms with van der Waals surface area (Å²) in [5.41, 5.74) is 0.970. The molecule has 21 heavy (non-hydrogen) atoms. The first-order valence-corrected chi connectivity index (χ1v) is 9.55. The van der Waals surface area contributed by atoms with Crippen LogP contribution in [0.25, 0.3) is 0 Å². The summed E-state index contributed by atoms with van der Waals surface area (Å²) in [6.07, 6.45) is 3.49. The van der Waals surface area contributed by atoms with Crippen molar-refractivity contribution in [1.82, 2.24) is 4.90 Å². The van der Waals surface area contributed by atoms with Gasteiger partial charge in [0.15, 0.2) is 9.84 Å². The Morgan fingerprint density at radius 3 is 2.19 bits per heavy atom. The summed E-state index contributed by atoms with van der Waals surface area (Å²) in [5, 5.41) is 3.42. The van der Waals surface area contributed by atoms with Gasteiger partial charge >= 0.3 is 0 Å². The predicted molar refractivity (Wildman–Crippen MR) is 89.7 cm³/mol. The molecular weight excluding hydrogens is 284 g/mol. The zero-order valence-electron chi connectivity index (χ0n) is 13.6. The Morgan fingerprint density at radius 2 is 1.71 bits per heavy atom. The molecule has 4 nitrogen and oxygen atoms in total. The van der Waals surface area contributed by atoms with E-state index in [1.807, 2.05) is 12.1 Å². The molecule has 1 unspecified atom stereocenters. The summed E-state index contributed by atoms with van der Waals surface area (Å²) in [5.74, 6) is 0. The Hall–Kier alpha value is -1.07. The van der Waals surface area contributed by atoms with Crippen LogP contribution in [0.15, 0.2) is 29.2 Å². The summed E-state index contributed by atoms with van der Waals surface area (Å²) >= 11 is 0. The van der Waals surface area contributed by atoms with Gasteiger partial charge in [-0.25, -0.2) is 8.42 Å². The van der Waals surface area contributed by atoms with Crippen molar-refractivity contribution in [2.24, 2.45) is 0 Å². The minimum Gasteiger partial charge on any atom is -0.383 e. The molecule has 0 spiro atoms. The standard InChI is InChI=1S/C16H28N2O2S/c1-5-18(6-2)13-7-8-14(3)17-15-9-11-16(12-10-15)21(4,19)20/h9-12,14,17H,5-8,13H2,1-4H3. The van der Waals surface area contributed by atoms with Gasteiger partial charge in [0, 0.05) is 18.0 Å². The fourth-order valence-corrected chi connectivity index (χ4v) is 2.95. The summed E-state index contributed by atoms with van der Waals surface area (Å²) in [6, 6.07) is 7.35. The Kier molecular flexibility index (Phi) is 7.18. The van der Waals surface area contributed by atoms with Crippen LogP contribution >= 0.6 is 0 Å². The molecule has 0 radical (unpaired) electrons. The SMILES string of the molecule is CCN(CC)CCCC(C)Nc1ccc(S(C)(=O)=O)cc1. The minimum absolute atomic E-state index is 0.363. The van der Waals surface area contributed by atoms with Gasteiger partial charge in [-0.15, -0.1) is 0 Å². The van der Waals surface area contributed by atoms with Crippen LogP contribution in [-0.4, -0.2) is 45.2 Å². The van der Waals surface area contributed by atoms with Gasteiger partial charge in [0.2, 0.25) is 0 Å². The summed E-state index contributed by atoms with van der Waals surface area (Å²) < 4.78 is 22.8. The van der Waals surface area contributed by atoms with E-state index in [-0.39, 0.29) is 0 Å². The normalized spacial score (nSPS) is 13.4. The lowest BCUT2D eigenvalue weighted by molar-refractivity contribution is 0.295. The largest absolute Gasteiger partial charge is 0.383 e. The van der Waals surface area contributed by atoms with Gasteiger partial charge in [0.25, 0.3) is 0 Å². The van der Waals surface area contributed by atoms with E-state index in [9.17, 15) is 8.42 Å². The molecule has 0 amide bonds. The molecule has 0 aliphatic carbocycles. The third-order valence-corrected chi connectivity index (χ3v) is 4.83. The number of sulfone groups is 1. The van der Waals surface area contributed by atoms with Crippen molar-refractivity contribution in [2.45, 2.75) is 44.6 Å². The molecule has 1 aromatic rings. The minimum atomic E-state index is -3.11. The lowest BCUT2D eigenvalue weighted by Gasteiger charge is -2.20. The van der Waals surface area contributed by atoms with Crippen LogP contribution in [0.5, 0.6) is 0 Å². The fourth-order valence-electron chi connectivity index (χ4n) is 2.32. The average molecular weight is 312 g/mol. The molecule has 0 aromatic heterocycles. The molecule has 0 saturated carbocycles. The van der Waals surface area contributed by atoms with Crippen molar-refractivity contribution >= 4 is 15.5 Å². The molecule has 1 atom stereocenters. The topological polar surface area (TPSA) is 49.4 Å². The van der Waals surface area contributed by atoms with Crippen LogP contribution in [0.3, 0.4) is 0 Å². The average Bonchev–Trinajstić information content (AvgIpc) is 2.43. The number of hydrogen-bond donors (Lipinski definition) is 1. The first kappa shape index (κ1) is 18.0. The number of rotatable bonds is 9. The molecule has 1 N–H and O–H groups in total. The number of anilines is 1. The highest BCUT2D eigenvalue weighted by atomic mass is 32.2. The molecule has 0 heterocycles. The predicted octanol–water partition coefficient (Wildman–Crippen LogP) is 3.01. The van der Waals surface area contributed by atoms with E-state index < -0.39 is 9.84 Å². The molecule has 1 aromatic carbocycles. The summed E-state index contributed by atoms with van der Waals surface area (Å²) in [6.45, 7) is 9.87. The number of nitrogens with one attached hydrogen (secondary N) is 1. The molecule has 0 bridgehead atoms. The van der Waals surface area contributed by atoms with Crippen LogP contribution in [0.1, 0.15) is 33.6 Å². The molecular formula is C16H28N2O2S. The first-order valence-electron chi connectivity index (χ1n) is 7.65. The fraction of sp³-hybridized carbons (Fsp3) is 0.625. The van der Waals surface area contributed by atoms with Gasteiger partial charge in [-0.2, -0.15) is 0 Å². The van der Waals surface area contributed by atoms with Crippen molar-refractivity contribution in [3.63, 3.8) is 0 Å².